The molecule has 0 aliphatic rings. The van der Waals surface area contributed by atoms with Crippen molar-refractivity contribution in [2.75, 3.05) is 4.72 Å². The molecule has 112 valence electrons. The zero-order chi connectivity index (χ0) is 15.5. The smallest absolute Gasteiger partial charge is 0.236 e. The number of benzene rings is 2. The van der Waals surface area contributed by atoms with Gasteiger partial charge in [-0.15, -0.1) is 0 Å². The number of aryl methyl sites for hydroxylation is 1. The van der Waals surface area contributed by atoms with Crippen LogP contribution in [0.25, 0.3) is 0 Å². The molecule has 0 spiro atoms. The Morgan fingerprint density at radius 2 is 1.86 bits per heavy atom. The van der Waals surface area contributed by atoms with Crippen LogP contribution < -0.4 is 4.72 Å². The maximum absolute atomic E-state index is 12.2. The van der Waals surface area contributed by atoms with Crippen LogP contribution in [0.3, 0.4) is 0 Å². The normalized spacial score (nSPS) is 11.4. The molecule has 2 aromatic carbocycles. The first-order valence-corrected chi connectivity index (χ1v) is 8.79. The van der Waals surface area contributed by atoms with Crippen molar-refractivity contribution in [1.82, 2.24) is 0 Å². The summed E-state index contributed by atoms with van der Waals surface area (Å²) in [4.78, 5) is 0. The van der Waals surface area contributed by atoms with E-state index in [-0.39, 0.29) is 12.4 Å². The molecule has 0 fully saturated rings. The third-order valence-electron chi connectivity index (χ3n) is 2.85. The zero-order valence-corrected chi connectivity index (χ0v) is 13.9. The predicted molar refractivity (Wildman–Crippen MR) is 87.5 cm³/mol. The van der Waals surface area contributed by atoms with Crippen molar-refractivity contribution in [2.24, 2.45) is 0 Å². The number of halogens is 1. The number of aliphatic hydroxyl groups is 1. The molecule has 0 aliphatic carbocycles. The molecule has 0 heterocycles. The van der Waals surface area contributed by atoms with Crippen molar-refractivity contribution in [3.8, 4) is 0 Å². The van der Waals surface area contributed by atoms with E-state index >= 15 is 0 Å². The number of aliphatic hydroxyl groups excluding tert-OH is 1. The second kappa shape index (κ2) is 6.60. The molecular formula is C15H16BrNO3S. The van der Waals surface area contributed by atoms with Crippen LogP contribution >= 0.6 is 15.9 Å². The zero-order valence-electron chi connectivity index (χ0n) is 11.5. The van der Waals surface area contributed by atoms with Gasteiger partial charge in [0.15, 0.2) is 0 Å². The summed E-state index contributed by atoms with van der Waals surface area (Å²) in [6, 6.07) is 12.3. The van der Waals surface area contributed by atoms with E-state index in [0.29, 0.717) is 16.8 Å². The highest BCUT2D eigenvalue weighted by molar-refractivity contribution is 9.10. The Morgan fingerprint density at radius 3 is 2.52 bits per heavy atom. The molecule has 6 heteroatoms. The first-order valence-electron chi connectivity index (χ1n) is 6.34. The van der Waals surface area contributed by atoms with Crippen molar-refractivity contribution in [1.29, 1.82) is 0 Å². The average Bonchev–Trinajstić information content (AvgIpc) is 2.36. The van der Waals surface area contributed by atoms with Crippen LogP contribution in [0.15, 0.2) is 46.9 Å². The summed E-state index contributed by atoms with van der Waals surface area (Å²) >= 11 is 3.34. The summed E-state index contributed by atoms with van der Waals surface area (Å²) < 4.78 is 27.8. The molecule has 0 atom stereocenters. The van der Waals surface area contributed by atoms with Crippen molar-refractivity contribution >= 4 is 31.6 Å². The number of hydrogen-bond acceptors (Lipinski definition) is 3. The van der Waals surface area contributed by atoms with E-state index in [9.17, 15) is 8.42 Å². The average molecular weight is 370 g/mol. The molecule has 0 radical (unpaired) electrons. The van der Waals surface area contributed by atoms with E-state index in [1.165, 1.54) is 0 Å². The standard InChI is InChI=1S/C15H16BrNO3S/c1-11-5-14(16)8-15(6-11)17-21(19,20)10-13-4-2-3-12(7-13)9-18/h2-8,17-18H,9-10H2,1H3. The van der Waals surface area contributed by atoms with Gasteiger partial charge in [-0.1, -0.05) is 40.2 Å². The summed E-state index contributed by atoms with van der Waals surface area (Å²) in [5, 5.41) is 9.09. The fourth-order valence-corrected chi connectivity index (χ4v) is 3.82. The van der Waals surface area contributed by atoms with Crippen molar-refractivity contribution in [2.45, 2.75) is 19.3 Å². The first-order chi connectivity index (χ1) is 9.88. The molecule has 0 bridgehead atoms. The summed E-state index contributed by atoms with van der Waals surface area (Å²) in [5.74, 6) is -0.133. The van der Waals surface area contributed by atoms with Gasteiger partial charge in [-0.25, -0.2) is 8.42 Å². The maximum Gasteiger partial charge on any atom is 0.236 e. The SMILES string of the molecule is Cc1cc(Br)cc(NS(=O)(=O)Cc2cccc(CO)c2)c1. The van der Waals surface area contributed by atoms with Gasteiger partial charge in [0, 0.05) is 10.2 Å². The number of hydrogen-bond donors (Lipinski definition) is 2. The molecule has 21 heavy (non-hydrogen) atoms. The van der Waals surface area contributed by atoms with E-state index < -0.39 is 10.0 Å². The maximum atomic E-state index is 12.2. The number of nitrogens with one attached hydrogen (secondary N) is 1. The largest absolute Gasteiger partial charge is 0.392 e. The molecule has 0 aliphatic heterocycles. The monoisotopic (exact) mass is 369 g/mol. The molecule has 0 saturated carbocycles. The van der Waals surface area contributed by atoms with Crippen LogP contribution in [0.2, 0.25) is 0 Å². The Hall–Kier alpha value is -1.37. The van der Waals surface area contributed by atoms with Crippen LogP contribution in [0.1, 0.15) is 16.7 Å². The highest BCUT2D eigenvalue weighted by Gasteiger charge is 2.12. The van der Waals surface area contributed by atoms with Crippen LogP contribution in [0.4, 0.5) is 5.69 Å². The second-order valence-electron chi connectivity index (χ2n) is 4.86. The lowest BCUT2D eigenvalue weighted by Gasteiger charge is -2.10. The quantitative estimate of drug-likeness (QED) is 0.850. The topological polar surface area (TPSA) is 66.4 Å². The van der Waals surface area contributed by atoms with Crippen LogP contribution in [-0.4, -0.2) is 13.5 Å². The van der Waals surface area contributed by atoms with Crippen molar-refractivity contribution < 1.29 is 13.5 Å². The lowest BCUT2D eigenvalue weighted by atomic mass is 10.1. The molecule has 0 saturated heterocycles. The highest BCUT2D eigenvalue weighted by Crippen LogP contribution is 2.21. The number of sulfonamides is 1. The second-order valence-corrected chi connectivity index (χ2v) is 7.49. The third-order valence-corrected chi connectivity index (χ3v) is 4.56. The highest BCUT2D eigenvalue weighted by atomic mass is 79.9. The number of anilines is 1. The molecule has 2 aromatic rings. The van der Waals surface area contributed by atoms with Crippen molar-refractivity contribution in [3.05, 3.63) is 63.6 Å². The summed E-state index contributed by atoms with van der Waals surface area (Å²) in [6.45, 7) is 1.79. The predicted octanol–water partition coefficient (Wildman–Crippen LogP) is 3.19. The van der Waals surface area contributed by atoms with Gasteiger partial charge in [0.2, 0.25) is 10.0 Å². The summed E-state index contributed by atoms with van der Waals surface area (Å²) in [6.07, 6.45) is 0. The van der Waals surface area contributed by atoms with E-state index in [0.717, 1.165) is 10.0 Å². The molecule has 0 unspecified atom stereocenters. The summed E-state index contributed by atoms with van der Waals surface area (Å²) in [7, 11) is -3.50. The molecule has 2 rings (SSSR count). The minimum Gasteiger partial charge on any atom is -0.392 e. The van der Waals surface area contributed by atoms with Gasteiger partial charge in [0.25, 0.3) is 0 Å². The van der Waals surface area contributed by atoms with E-state index in [1.54, 1.807) is 36.4 Å². The fourth-order valence-electron chi connectivity index (χ4n) is 2.05. The third kappa shape index (κ3) is 4.84. The van der Waals surface area contributed by atoms with Crippen LogP contribution in [0.5, 0.6) is 0 Å². The minimum atomic E-state index is -3.50. The Morgan fingerprint density at radius 1 is 1.14 bits per heavy atom. The fraction of sp³-hybridized carbons (Fsp3) is 0.200. The molecule has 0 amide bonds. The lowest BCUT2D eigenvalue weighted by molar-refractivity contribution is 0.282. The molecular weight excluding hydrogens is 354 g/mol. The van der Waals surface area contributed by atoms with Gasteiger partial charge in [-0.2, -0.15) is 0 Å². The minimum absolute atomic E-state index is 0.105. The van der Waals surface area contributed by atoms with Crippen LogP contribution in [-0.2, 0) is 22.4 Å². The Labute approximate surface area is 133 Å². The summed E-state index contributed by atoms with van der Waals surface area (Å²) in [5.41, 5.74) is 2.83. The number of rotatable bonds is 5. The molecule has 2 N–H and O–H groups in total. The van der Waals surface area contributed by atoms with Gasteiger partial charge in [0.1, 0.15) is 0 Å². The van der Waals surface area contributed by atoms with E-state index in [2.05, 4.69) is 20.7 Å². The Kier molecular flexibility index (Phi) is 5.03. The lowest BCUT2D eigenvalue weighted by Crippen LogP contribution is -2.15. The van der Waals surface area contributed by atoms with Crippen molar-refractivity contribution in [3.63, 3.8) is 0 Å². The van der Waals surface area contributed by atoms with Gasteiger partial charge < -0.3 is 5.11 Å². The Bertz CT molecular complexity index is 724. The van der Waals surface area contributed by atoms with Gasteiger partial charge in [0.05, 0.1) is 12.4 Å². The van der Waals surface area contributed by atoms with E-state index in [4.69, 9.17) is 5.11 Å². The van der Waals surface area contributed by atoms with Crippen LogP contribution in [0, 0.1) is 6.92 Å². The van der Waals surface area contributed by atoms with Gasteiger partial charge >= 0.3 is 0 Å². The van der Waals surface area contributed by atoms with E-state index in [1.807, 2.05) is 13.0 Å². The Balaban J connectivity index is 2.18. The first kappa shape index (κ1) is 16.0. The van der Waals surface area contributed by atoms with Gasteiger partial charge in [-0.3, -0.25) is 4.72 Å². The molecule has 0 aromatic heterocycles. The molecule has 4 nitrogen and oxygen atoms in total. The van der Waals surface area contributed by atoms with Gasteiger partial charge in [-0.05, 0) is 41.8 Å².